The van der Waals surface area contributed by atoms with Gasteiger partial charge in [-0.3, -0.25) is 14.5 Å². The third kappa shape index (κ3) is 3.62. The number of anilines is 2. The van der Waals surface area contributed by atoms with Gasteiger partial charge in [0, 0.05) is 41.9 Å². The molecule has 146 valence electrons. The van der Waals surface area contributed by atoms with Crippen LogP contribution < -0.4 is 9.80 Å². The molecular formula is C21H21Cl2N3O2. The third-order valence-corrected chi connectivity index (χ3v) is 6.11. The minimum Gasteiger partial charge on any atom is -0.369 e. The molecule has 4 rings (SSSR count). The highest BCUT2D eigenvalue weighted by molar-refractivity contribution is 6.32. The van der Waals surface area contributed by atoms with E-state index >= 15 is 0 Å². The van der Waals surface area contributed by atoms with Crippen LogP contribution in [0.15, 0.2) is 42.5 Å². The second-order valence-electron chi connectivity index (χ2n) is 7.22. The Labute approximate surface area is 174 Å². The molecule has 2 saturated heterocycles. The van der Waals surface area contributed by atoms with E-state index in [9.17, 15) is 9.59 Å². The minimum atomic E-state index is -0.408. The van der Waals surface area contributed by atoms with Crippen molar-refractivity contribution >= 4 is 46.4 Å². The van der Waals surface area contributed by atoms with Crippen LogP contribution in [0.25, 0.3) is 0 Å². The molecule has 5 nitrogen and oxygen atoms in total. The smallest absolute Gasteiger partial charge is 0.251 e. The van der Waals surface area contributed by atoms with E-state index in [0.717, 1.165) is 37.4 Å². The fraction of sp³-hybridized carbons (Fsp3) is 0.333. The zero-order chi connectivity index (χ0) is 19.8. The SMILES string of the molecule is Cc1ccc(N2C(=O)CC(N3CCN(c4cccc(Cl)c4)CC3)C2=O)cc1Cl. The van der Waals surface area contributed by atoms with Crippen LogP contribution in [0, 0.1) is 6.92 Å². The molecule has 0 saturated carbocycles. The van der Waals surface area contributed by atoms with Gasteiger partial charge in [0.15, 0.2) is 0 Å². The zero-order valence-corrected chi connectivity index (χ0v) is 17.1. The molecule has 2 aromatic carbocycles. The van der Waals surface area contributed by atoms with Crippen molar-refractivity contribution in [2.75, 3.05) is 36.0 Å². The van der Waals surface area contributed by atoms with E-state index in [1.807, 2.05) is 37.3 Å². The third-order valence-electron chi connectivity index (χ3n) is 5.46. The maximum Gasteiger partial charge on any atom is 0.251 e. The second kappa shape index (κ2) is 7.74. The number of aryl methyl sites for hydroxylation is 1. The predicted molar refractivity (Wildman–Crippen MR) is 112 cm³/mol. The molecule has 0 N–H and O–H groups in total. The maximum absolute atomic E-state index is 13.0. The molecule has 28 heavy (non-hydrogen) atoms. The van der Waals surface area contributed by atoms with Crippen molar-refractivity contribution in [2.45, 2.75) is 19.4 Å². The van der Waals surface area contributed by atoms with Gasteiger partial charge in [-0.05, 0) is 42.8 Å². The summed E-state index contributed by atoms with van der Waals surface area (Å²) in [5.74, 6) is -0.340. The number of carbonyl (C=O) groups is 2. The van der Waals surface area contributed by atoms with Crippen LogP contribution in [-0.2, 0) is 9.59 Å². The summed E-state index contributed by atoms with van der Waals surface area (Å²) < 4.78 is 0. The predicted octanol–water partition coefficient (Wildman–Crippen LogP) is 3.76. The van der Waals surface area contributed by atoms with E-state index in [1.54, 1.807) is 12.1 Å². The maximum atomic E-state index is 13.0. The number of halogens is 2. The molecule has 2 aliphatic rings. The minimum absolute atomic E-state index is 0.166. The summed E-state index contributed by atoms with van der Waals surface area (Å²) in [6.45, 7) is 4.91. The lowest BCUT2D eigenvalue weighted by molar-refractivity contribution is -0.123. The first kappa shape index (κ1) is 19.2. The van der Waals surface area contributed by atoms with Gasteiger partial charge in [-0.15, -0.1) is 0 Å². The van der Waals surface area contributed by atoms with Crippen LogP contribution in [-0.4, -0.2) is 48.9 Å². The number of hydrogen-bond donors (Lipinski definition) is 0. The highest BCUT2D eigenvalue weighted by Crippen LogP contribution is 2.30. The Hall–Kier alpha value is -2.08. The van der Waals surface area contributed by atoms with Gasteiger partial charge in [0.25, 0.3) is 5.91 Å². The van der Waals surface area contributed by atoms with E-state index in [1.165, 1.54) is 4.90 Å². The van der Waals surface area contributed by atoms with E-state index in [4.69, 9.17) is 23.2 Å². The number of nitrogens with zero attached hydrogens (tertiary/aromatic N) is 3. The number of rotatable bonds is 3. The van der Waals surface area contributed by atoms with Gasteiger partial charge in [-0.1, -0.05) is 35.3 Å². The summed E-state index contributed by atoms with van der Waals surface area (Å²) in [7, 11) is 0. The van der Waals surface area contributed by atoms with Crippen molar-refractivity contribution in [3.63, 3.8) is 0 Å². The standard InChI is InChI=1S/C21H21Cl2N3O2/c1-14-5-6-17(12-18(14)23)26-20(27)13-19(21(26)28)25-9-7-24(8-10-25)16-4-2-3-15(22)11-16/h2-6,11-12,19H,7-10,13H2,1H3. The fourth-order valence-corrected chi connectivity index (χ4v) is 4.22. The van der Waals surface area contributed by atoms with Crippen molar-refractivity contribution in [3.05, 3.63) is 58.1 Å². The number of piperazine rings is 1. The van der Waals surface area contributed by atoms with Gasteiger partial charge < -0.3 is 4.90 Å². The van der Waals surface area contributed by atoms with Gasteiger partial charge in [-0.25, -0.2) is 4.90 Å². The lowest BCUT2D eigenvalue weighted by atomic mass is 10.1. The molecule has 2 aromatic rings. The molecule has 0 bridgehead atoms. The normalized spacial score (nSPS) is 20.9. The van der Waals surface area contributed by atoms with Crippen LogP contribution in [0.5, 0.6) is 0 Å². The number of hydrogen-bond acceptors (Lipinski definition) is 4. The summed E-state index contributed by atoms with van der Waals surface area (Å²) in [4.78, 5) is 31.2. The average Bonchev–Trinajstić information content (AvgIpc) is 2.98. The van der Waals surface area contributed by atoms with Crippen LogP contribution in [0.4, 0.5) is 11.4 Å². The van der Waals surface area contributed by atoms with Gasteiger partial charge in [0.2, 0.25) is 5.91 Å². The fourth-order valence-electron chi connectivity index (χ4n) is 3.86. The first-order chi connectivity index (χ1) is 13.4. The first-order valence-electron chi connectivity index (χ1n) is 9.31. The molecule has 1 atom stereocenters. The van der Waals surface area contributed by atoms with Gasteiger partial charge in [0.1, 0.15) is 0 Å². The molecule has 0 aromatic heterocycles. The summed E-state index contributed by atoms with van der Waals surface area (Å²) in [6.07, 6.45) is 0.210. The number of carbonyl (C=O) groups excluding carboxylic acids is 2. The summed E-state index contributed by atoms with van der Waals surface area (Å²) in [5.41, 5.74) is 2.54. The molecule has 2 aliphatic heterocycles. The first-order valence-corrected chi connectivity index (χ1v) is 10.1. The topological polar surface area (TPSA) is 43.9 Å². The molecule has 0 spiro atoms. The quantitative estimate of drug-likeness (QED) is 0.713. The molecule has 0 radical (unpaired) electrons. The van der Waals surface area contributed by atoms with Crippen molar-refractivity contribution < 1.29 is 9.59 Å². The Kier molecular flexibility index (Phi) is 5.32. The lowest BCUT2D eigenvalue weighted by Crippen LogP contribution is -2.52. The Bertz CT molecular complexity index is 926. The number of imide groups is 1. The Morgan fingerprint density at radius 3 is 2.36 bits per heavy atom. The molecule has 7 heteroatoms. The van der Waals surface area contributed by atoms with Crippen molar-refractivity contribution in [3.8, 4) is 0 Å². The number of benzene rings is 2. The zero-order valence-electron chi connectivity index (χ0n) is 15.6. The van der Waals surface area contributed by atoms with Gasteiger partial charge in [0.05, 0.1) is 18.2 Å². The molecule has 1 unspecified atom stereocenters. The van der Waals surface area contributed by atoms with Gasteiger partial charge in [-0.2, -0.15) is 0 Å². The van der Waals surface area contributed by atoms with Crippen LogP contribution in [0.2, 0.25) is 10.0 Å². The number of amides is 2. The van der Waals surface area contributed by atoms with Gasteiger partial charge >= 0.3 is 0 Å². The van der Waals surface area contributed by atoms with E-state index < -0.39 is 6.04 Å². The van der Waals surface area contributed by atoms with Crippen LogP contribution >= 0.6 is 23.2 Å². The van der Waals surface area contributed by atoms with Crippen LogP contribution in [0.3, 0.4) is 0 Å². The van der Waals surface area contributed by atoms with Crippen molar-refractivity contribution in [2.24, 2.45) is 0 Å². The highest BCUT2D eigenvalue weighted by atomic mass is 35.5. The highest BCUT2D eigenvalue weighted by Gasteiger charge is 2.43. The van der Waals surface area contributed by atoms with E-state index in [0.29, 0.717) is 15.7 Å². The molecule has 2 heterocycles. The van der Waals surface area contributed by atoms with Crippen LogP contribution in [0.1, 0.15) is 12.0 Å². The molecule has 2 amide bonds. The Balaban J connectivity index is 1.45. The van der Waals surface area contributed by atoms with E-state index in [2.05, 4.69) is 9.80 Å². The monoisotopic (exact) mass is 417 g/mol. The average molecular weight is 418 g/mol. The van der Waals surface area contributed by atoms with Crippen molar-refractivity contribution in [1.29, 1.82) is 0 Å². The molecule has 2 fully saturated rings. The lowest BCUT2D eigenvalue weighted by Gasteiger charge is -2.38. The van der Waals surface area contributed by atoms with E-state index in [-0.39, 0.29) is 18.2 Å². The summed E-state index contributed by atoms with van der Waals surface area (Å²) in [5, 5.41) is 1.26. The molecular weight excluding hydrogens is 397 g/mol. The second-order valence-corrected chi connectivity index (χ2v) is 8.07. The Morgan fingerprint density at radius 2 is 1.68 bits per heavy atom. The molecule has 0 aliphatic carbocycles. The van der Waals surface area contributed by atoms with Crippen molar-refractivity contribution in [1.82, 2.24) is 4.90 Å². The largest absolute Gasteiger partial charge is 0.369 e. The summed E-state index contributed by atoms with van der Waals surface area (Å²) >= 11 is 12.3. The Morgan fingerprint density at radius 1 is 0.929 bits per heavy atom. The summed E-state index contributed by atoms with van der Waals surface area (Å²) in [6, 6.07) is 12.7.